The number of benzene rings is 1. The number of hydrogen-bond donors (Lipinski definition) is 2. The molecule has 0 heterocycles. The minimum Gasteiger partial charge on any atom is -0.488 e. The molecule has 0 aromatic heterocycles. The largest absolute Gasteiger partial charge is 0.488 e. The van der Waals surface area contributed by atoms with E-state index < -0.39 is 0 Å². The van der Waals surface area contributed by atoms with Gasteiger partial charge in [-0.15, -0.1) is 0 Å². The summed E-state index contributed by atoms with van der Waals surface area (Å²) in [5.74, 6) is 0.796. The van der Waals surface area contributed by atoms with Crippen LogP contribution in [0.4, 0.5) is 0 Å². The molecule has 1 aromatic rings. The highest BCUT2D eigenvalue weighted by Gasteiger charge is 2.08. The lowest BCUT2D eigenvalue weighted by Crippen LogP contribution is -2.33. The number of carbonyl (C=O) groups is 1. The Balaban J connectivity index is 2.32. The Kier molecular flexibility index (Phi) is 6.75. The first kappa shape index (κ1) is 15.0. The van der Waals surface area contributed by atoms with Crippen LogP contribution in [0.5, 0.6) is 5.75 Å². The summed E-state index contributed by atoms with van der Waals surface area (Å²) in [5.41, 5.74) is 5.34. The van der Waals surface area contributed by atoms with E-state index in [1.54, 1.807) is 0 Å². The standard InChI is InChI=1S/C13H19BrN2O2/c1-10(9-16-13(17)7-4-8-15)18-12-6-3-2-5-11(12)14/h2-3,5-6,10H,4,7-9,15H2,1H3,(H,16,17). The van der Waals surface area contributed by atoms with Gasteiger partial charge in [0.1, 0.15) is 11.9 Å². The first-order valence-corrected chi connectivity index (χ1v) is 6.80. The van der Waals surface area contributed by atoms with Gasteiger partial charge in [-0.25, -0.2) is 0 Å². The topological polar surface area (TPSA) is 64.4 Å². The lowest BCUT2D eigenvalue weighted by atomic mass is 10.3. The predicted octanol–water partition coefficient (Wildman–Crippen LogP) is 2.07. The van der Waals surface area contributed by atoms with Gasteiger partial charge in [-0.3, -0.25) is 4.79 Å². The summed E-state index contributed by atoms with van der Waals surface area (Å²) >= 11 is 3.41. The second-order valence-electron chi connectivity index (χ2n) is 4.06. The zero-order valence-corrected chi connectivity index (χ0v) is 12.1. The Morgan fingerprint density at radius 2 is 2.22 bits per heavy atom. The van der Waals surface area contributed by atoms with E-state index in [0.29, 0.717) is 25.9 Å². The molecule has 0 bridgehead atoms. The van der Waals surface area contributed by atoms with Crippen LogP contribution in [0.15, 0.2) is 28.7 Å². The van der Waals surface area contributed by atoms with Crippen LogP contribution in [0.2, 0.25) is 0 Å². The number of ether oxygens (including phenoxy) is 1. The number of rotatable bonds is 7. The van der Waals surface area contributed by atoms with Gasteiger partial charge in [0.05, 0.1) is 11.0 Å². The van der Waals surface area contributed by atoms with Gasteiger partial charge in [0.25, 0.3) is 0 Å². The molecule has 0 saturated carbocycles. The molecule has 0 fully saturated rings. The van der Waals surface area contributed by atoms with Gasteiger partial charge in [0, 0.05) is 6.42 Å². The molecule has 4 nitrogen and oxygen atoms in total. The molecule has 1 rings (SSSR count). The van der Waals surface area contributed by atoms with Gasteiger partial charge in [0.2, 0.25) is 5.91 Å². The number of nitrogens with two attached hydrogens (primary N) is 1. The molecule has 3 N–H and O–H groups in total. The van der Waals surface area contributed by atoms with Gasteiger partial charge in [-0.05, 0) is 48.0 Å². The SMILES string of the molecule is CC(CNC(=O)CCCN)Oc1ccccc1Br. The van der Waals surface area contributed by atoms with Crippen molar-refractivity contribution in [1.82, 2.24) is 5.32 Å². The van der Waals surface area contributed by atoms with E-state index in [9.17, 15) is 4.79 Å². The molecule has 0 aliphatic heterocycles. The molecule has 18 heavy (non-hydrogen) atoms. The fraction of sp³-hybridized carbons (Fsp3) is 0.462. The summed E-state index contributed by atoms with van der Waals surface area (Å²) in [7, 11) is 0. The molecule has 0 spiro atoms. The van der Waals surface area contributed by atoms with Crippen molar-refractivity contribution in [1.29, 1.82) is 0 Å². The fourth-order valence-corrected chi connectivity index (χ4v) is 1.79. The Morgan fingerprint density at radius 3 is 2.89 bits per heavy atom. The highest BCUT2D eigenvalue weighted by atomic mass is 79.9. The van der Waals surface area contributed by atoms with Crippen molar-refractivity contribution in [2.75, 3.05) is 13.1 Å². The molecule has 0 aliphatic carbocycles. The Hall–Kier alpha value is -1.07. The summed E-state index contributed by atoms with van der Waals surface area (Å²) in [6, 6.07) is 7.64. The van der Waals surface area contributed by atoms with Crippen LogP contribution in [0.25, 0.3) is 0 Å². The minimum atomic E-state index is -0.0782. The van der Waals surface area contributed by atoms with E-state index in [2.05, 4.69) is 21.2 Å². The van der Waals surface area contributed by atoms with Gasteiger partial charge < -0.3 is 15.8 Å². The second-order valence-corrected chi connectivity index (χ2v) is 4.91. The van der Waals surface area contributed by atoms with Crippen LogP contribution >= 0.6 is 15.9 Å². The van der Waals surface area contributed by atoms with Crippen molar-refractivity contribution < 1.29 is 9.53 Å². The van der Waals surface area contributed by atoms with Crippen molar-refractivity contribution in [2.45, 2.75) is 25.9 Å². The van der Waals surface area contributed by atoms with Crippen molar-refractivity contribution in [2.24, 2.45) is 5.73 Å². The Bertz CT molecular complexity index is 385. The van der Waals surface area contributed by atoms with Gasteiger partial charge in [-0.1, -0.05) is 12.1 Å². The number of amides is 1. The van der Waals surface area contributed by atoms with Crippen molar-refractivity contribution in [3.05, 3.63) is 28.7 Å². The molecular formula is C13H19BrN2O2. The lowest BCUT2D eigenvalue weighted by Gasteiger charge is -2.16. The van der Waals surface area contributed by atoms with Gasteiger partial charge in [0.15, 0.2) is 0 Å². The number of para-hydroxylation sites is 1. The van der Waals surface area contributed by atoms with Gasteiger partial charge >= 0.3 is 0 Å². The molecule has 1 amide bonds. The quantitative estimate of drug-likeness (QED) is 0.809. The molecule has 100 valence electrons. The van der Waals surface area contributed by atoms with Crippen LogP contribution in [0.1, 0.15) is 19.8 Å². The molecule has 5 heteroatoms. The first-order chi connectivity index (χ1) is 8.63. The third-order valence-corrected chi connectivity index (χ3v) is 3.01. The van der Waals surface area contributed by atoms with Crippen LogP contribution < -0.4 is 15.8 Å². The van der Waals surface area contributed by atoms with E-state index in [0.717, 1.165) is 10.2 Å². The zero-order chi connectivity index (χ0) is 13.4. The number of nitrogens with one attached hydrogen (secondary N) is 1. The molecule has 1 unspecified atom stereocenters. The Morgan fingerprint density at radius 1 is 1.50 bits per heavy atom. The van der Waals surface area contributed by atoms with Crippen molar-refractivity contribution in [3.8, 4) is 5.75 Å². The smallest absolute Gasteiger partial charge is 0.220 e. The summed E-state index contributed by atoms with van der Waals surface area (Å²) in [6.45, 7) is 2.95. The summed E-state index contributed by atoms with van der Waals surface area (Å²) in [6.07, 6.45) is 1.11. The van der Waals surface area contributed by atoms with Crippen LogP contribution in [0.3, 0.4) is 0 Å². The molecule has 0 aliphatic rings. The minimum absolute atomic E-state index is 0.0167. The van der Waals surface area contributed by atoms with Crippen LogP contribution in [-0.2, 0) is 4.79 Å². The molecule has 1 atom stereocenters. The zero-order valence-electron chi connectivity index (χ0n) is 10.5. The van der Waals surface area contributed by atoms with Crippen LogP contribution in [-0.4, -0.2) is 25.1 Å². The fourth-order valence-electron chi connectivity index (χ4n) is 1.41. The van der Waals surface area contributed by atoms with Crippen LogP contribution in [0, 0.1) is 0 Å². The molecule has 0 radical (unpaired) electrons. The average molecular weight is 315 g/mol. The normalized spacial score (nSPS) is 11.9. The van der Waals surface area contributed by atoms with E-state index >= 15 is 0 Å². The number of carbonyl (C=O) groups excluding carboxylic acids is 1. The van der Waals surface area contributed by atoms with E-state index in [4.69, 9.17) is 10.5 Å². The third-order valence-electron chi connectivity index (χ3n) is 2.36. The van der Waals surface area contributed by atoms with E-state index in [1.807, 2.05) is 31.2 Å². The number of halogens is 1. The monoisotopic (exact) mass is 314 g/mol. The van der Waals surface area contributed by atoms with E-state index in [-0.39, 0.29) is 12.0 Å². The van der Waals surface area contributed by atoms with Crippen molar-refractivity contribution >= 4 is 21.8 Å². The highest BCUT2D eigenvalue weighted by molar-refractivity contribution is 9.10. The second kappa shape index (κ2) is 8.11. The summed E-state index contributed by atoms with van der Waals surface area (Å²) < 4.78 is 6.62. The maximum Gasteiger partial charge on any atom is 0.220 e. The molecular weight excluding hydrogens is 296 g/mol. The maximum atomic E-state index is 11.4. The maximum absolute atomic E-state index is 11.4. The average Bonchev–Trinajstić information content (AvgIpc) is 2.36. The third kappa shape index (κ3) is 5.51. The summed E-state index contributed by atoms with van der Waals surface area (Å²) in [5, 5.41) is 2.82. The molecule has 0 saturated heterocycles. The Labute approximate surface area is 116 Å². The first-order valence-electron chi connectivity index (χ1n) is 6.01. The summed E-state index contributed by atoms with van der Waals surface area (Å²) in [4.78, 5) is 11.4. The predicted molar refractivity (Wildman–Crippen MR) is 75.5 cm³/mol. The lowest BCUT2D eigenvalue weighted by molar-refractivity contribution is -0.121. The number of hydrogen-bond acceptors (Lipinski definition) is 3. The van der Waals surface area contributed by atoms with E-state index in [1.165, 1.54) is 0 Å². The van der Waals surface area contributed by atoms with Gasteiger partial charge in [-0.2, -0.15) is 0 Å². The highest BCUT2D eigenvalue weighted by Crippen LogP contribution is 2.24. The van der Waals surface area contributed by atoms with Crippen molar-refractivity contribution in [3.63, 3.8) is 0 Å². The molecule has 1 aromatic carbocycles.